The Balaban J connectivity index is 2.85. The van der Waals surface area contributed by atoms with E-state index < -0.39 is 0 Å². The average molecular weight is 284 g/mol. The highest BCUT2D eigenvalue weighted by molar-refractivity contribution is 6.34. The van der Waals surface area contributed by atoms with Crippen LogP contribution in [0.3, 0.4) is 0 Å². The molecular formula is C13H18ClN3O2. The Morgan fingerprint density at radius 2 is 1.95 bits per heavy atom. The van der Waals surface area contributed by atoms with Gasteiger partial charge in [0.2, 0.25) is 5.91 Å². The summed E-state index contributed by atoms with van der Waals surface area (Å²) in [6.07, 6.45) is 0. The number of amides is 2. The molecule has 0 saturated heterocycles. The average Bonchev–Trinajstić information content (AvgIpc) is 2.36. The lowest BCUT2D eigenvalue weighted by molar-refractivity contribution is -0.119. The third-order valence-electron chi connectivity index (χ3n) is 2.91. The number of rotatable bonds is 4. The molecule has 0 aliphatic rings. The van der Waals surface area contributed by atoms with Gasteiger partial charge in [-0.05, 0) is 25.1 Å². The number of halogens is 1. The van der Waals surface area contributed by atoms with Crippen LogP contribution in [0, 0.1) is 5.92 Å². The van der Waals surface area contributed by atoms with E-state index in [1.165, 1.54) is 13.1 Å². The second kappa shape index (κ2) is 6.54. The fraction of sp³-hybridized carbons (Fsp3) is 0.385. The zero-order valence-electron chi connectivity index (χ0n) is 11.2. The van der Waals surface area contributed by atoms with Crippen LogP contribution in [0.25, 0.3) is 0 Å². The van der Waals surface area contributed by atoms with Gasteiger partial charge >= 0.3 is 0 Å². The molecule has 0 saturated carbocycles. The Morgan fingerprint density at radius 3 is 2.42 bits per heavy atom. The highest BCUT2D eigenvalue weighted by Gasteiger charge is 2.17. The minimum atomic E-state index is -0.308. The van der Waals surface area contributed by atoms with E-state index in [-0.39, 0.29) is 28.8 Å². The maximum absolute atomic E-state index is 11.8. The number of nitrogens with two attached hydrogens (primary N) is 1. The van der Waals surface area contributed by atoms with Gasteiger partial charge in [0.25, 0.3) is 5.91 Å². The molecule has 6 heteroatoms. The number of carbonyl (C=O) groups excluding carboxylic acids is 2. The fourth-order valence-electron chi connectivity index (χ4n) is 1.41. The molecule has 0 fully saturated rings. The summed E-state index contributed by atoms with van der Waals surface area (Å²) < 4.78 is 0. The molecule has 2 atom stereocenters. The fourth-order valence-corrected chi connectivity index (χ4v) is 1.67. The molecular weight excluding hydrogens is 266 g/mol. The molecule has 0 aliphatic heterocycles. The number of benzene rings is 1. The van der Waals surface area contributed by atoms with Crippen molar-refractivity contribution in [2.75, 3.05) is 12.4 Å². The van der Waals surface area contributed by atoms with Crippen molar-refractivity contribution in [3.63, 3.8) is 0 Å². The topological polar surface area (TPSA) is 84.2 Å². The Labute approximate surface area is 117 Å². The van der Waals surface area contributed by atoms with Crippen LogP contribution in [0.4, 0.5) is 5.69 Å². The number of nitrogens with one attached hydrogen (secondary N) is 2. The van der Waals surface area contributed by atoms with Crippen molar-refractivity contribution in [2.45, 2.75) is 19.9 Å². The van der Waals surface area contributed by atoms with Crippen LogP contribution in [0.15, 0.2) is 18.2 Å². The molecule has 0 spiro atoms. The lowest BCUT2D eigenvalue weighted by Crippen LogP contribution is -2.34. The molecule has 5 nitrogen and oxygen atoms in total. The quantitative estimate of drug-likeness (QED) is 0.785. The molecule has 0 aliphatic carbocycles. The zero-order valence-corrected chi connectivity index (χ0v) is 11.9. The molecule has 2 unspecified atom stereocenters. The molecule has 2 amide bonds. The van der Waals surface area contributed by atoms with Crippen LogP contribution in [0.2, 0.25) is 5.02 Å². The van der Waals surface area contributed by atoms with Crippen LogP contribution < -0.4 is 16.4 Å². The van der Waals surface area contributed by atoms with Crippen LogP contribution in [0.1, 0.15) is 24.2 Å². The van der Waals surface area contributed by atoms with Crippen LogP contribution >= 0.6 is 11.6 Å². The number of hydrogen-bond donors (Lipinski definition) is 3. The number of anilines is 1. The summed E-state index contributed by atoms with van der Waals surface area (Å²) >= 11 is 5.99. The minimum Gasteiger partial charge on any atom is -0.355 e. The zero-order chi connectivity index (χ0) is 14.6. The first-order chi connectivity index (χ1) is 8.86. The van der Waals surface area contributed by atoms with E-state index in [1.807, 2.05) is 0 Å². The smallest absolute Gasteiger partial charge is 0.252 e. The van der Waals surface area contributed by atoms with E-state index in [2.05, 4.69) is 10.6 Å². The van der Waals surface area contributed by atoms with Gasteiger partial charge in [-0.3, -0.25) is 9.59 Å². The van der Waals surface area contributed by atoms with Gasteiger partial charge < -0.3 is 16.4 Å². The van der Waals surface area contributed by atoms with Crippen molar-refractivity contribution < 1.29 is 9.59 Å². The van der Waals surface area contributed by atoms with Gasteiger partial charge in [0, 0.05) is 18.8 Å². The van der Waals surface area contributed by atoms with Crippen molar-refractivity contribution in [3.8, 4) is 0 Å². The largest absolute Gasteiger partial charge is 0.355 e. The Morgan fingerprint density at radius 1 is 1.32 bits per heavy atom. The van der Waals surface area contributed by atoms with Crippen LogP contribution in [-0.2, 0) is 4.79 Å². The van der Waals surface area contributed by atoms with Gasteiger partial charge in [-0.2, -0.15) is 0 Å². The van der Waals surface area contributed by atoms with Crippen molar-refractivity contribution in [1.82, 2.24) is 5.32 Å². The summed E-state index contributed by atoms with van der Waals surface area (Å²) in [5.41, 5.74) is 6.56. The van der Waals surface area contributed by atoms with E-state index in [0.717, 1.165) is 0 Å². The van der Waals surface area contributed by atoms with Gasteiger partial charge in [-0.25, -0.2) is 0 Å². The van der Waals surface area contributed by atoms with E-state index >= 15 is 0 Å². The lowest BCUT2D eigenvalue weighted by Gasteiger charge is -2.15. The van der Waals surface area contributed by atoms with Gasteiger partial charge in [0.1, 0.15) is 0 Å². The monoisotopic (exact) mass is 283 g/mol. The first-order valence-corrected chi connectivity index (χ1v) is 6.32. The summed E-state index contributed by atoms with van der Waals surface area (Å²) in [7, 11) is 1.53. The second-order valence-corrected chi connectivity index (χ2v) is 4.82. The molecule has 19 heavy (non-hydrogen) atoms. The maximum Gasteiger partial charge on any atom is 0.252 e. The SMILES string of the molecule is CNC(=O)c1ccc(NC(=O)C(C)C(C)N)cc1Cl. The molecule has 0 aromatic heterocycles. The Hall–Kier alpha value is -1.59. The van der Waals surface area contributed by atoms with E-state index in [1.54, 1.807) is 26.0 Å². The van der Waals surface area contributed by atoms with Crippen molar-refractivity contribution in [3.05, 3.63) is 28.8 Å². The predicted octanol–water partition coefficient (Wildman–Crippen LogP) is 1.62. The summed E-state index contributed by atoms with van der Waals surface area (Å²) in [4.78, 5) is 23.3. The number of carbonyl (C=O) groups is 2. The van der Waals surface area contributed by atoms with Crippen molar-refractivity contribution in [1.29, 1.82) is 0 Å². The van der Waals surface area contributed by atoms with Gasteiger partial charge in [-0.1, -0.05) is 18.5 Å². The maximum atomic E-state index is 11.8. The van der Waals surface area contributed by atoms with Gasteiger partial charge in [0.05, 0.1) is 16.5 Å². The van der Waals surface area contributed by atoms with E-state index in [4.69, 9.17) is 17.3 Å². The first-order valence-electron chi connectivity index (χ1n) is 5.95. The molecule has 1 aromatic rings. The Bertz CT molecular complexity index is 489. The molecule has 0 radical (unpaired) electrons. The summed E-state index contributed by atoms with van der Waals surface area (Å²) in [5, 5.41) is 5.48. The summed E-state index contributed by atoms with van der Waals surface area (Å²) in [5.74, 6) is -0.761. The second-order valence-electron chi connectivity index (χ2n) is 4.41. The Kier molecular flexibility index (Phi) is 5.32. The van der Waals surface area contributed by atoms with Crippen molar-refractivity contribution in [2.24, 2.45) is 11.7 Å². The molecule has 104 valence electrons. The molecule has 0 bridgehead atoms. The summed E-state index contributed by atoms with van der Waals surface area (Å²) in [6, 6.07) is 4.49. The van der Waals surface area contributed by atoms with E-state index in [0.29, 0.717) is 11.3 Å². The minimum absolute atomic E-state index is 0.182. The van der Waals surface area contributed by atoms with Crippen molar-refractivity contribution >= 4 is 29.1 Å². The standard InChI is InChI=1S/C13H18ClN3O2/c1-7(8(2)15)12(18)17-9-4-5-10(11(14)6-9)13(19)16-3/h4-8H,15H2,1-3H3,(H,16,19)(H,17,18). The summed E-state index contributed by atoms with van der Waals surface area (Å²) in [6.45, 7) is 3.52. The van der Waals surface area contributed by atoms with Gasteiger partial charge in [0.15, 0.2) is 0 Å². The highest BCUT2D eigenvalue weighted by Crippen LogP contribution is 2.21. The first kappa shape index (κ1) is 15.5. The third-order valence-corrected chi connectivity index (χ3v) is 3.22. The lowest BCUT2D eigenvalue weighted by atomic mass is 10.0. The normalized spacial score (nSPS) is 13.5. The molecule has 1 aromatic carbocycles. The molecule has 0 heterocycles. The molecule has 4 N–H and O–H groups in total. The van der Waals surface area contributed by atoms with Gasteiger partial charge in [-0.15, -0.1) is 0 Å². The number of hydrogen-bond acceptors (Lipinski definition) is 3. The van der Waals surface area contributed by atoms with E-state index in [9.17, 15) is 9.59 Å². The highest BCUT2D eigenvalue weighted by atomic mass is 35.5. The molecule has 1 rings (SSSR count). The predicted molar refractivity (Wildman–Crippen MR) is 76.3 cm³/mol. The third kappa shape index (κ3) is 3.94. The van der Waals surface area contributed by atoms with Crippen LogP contribution in [-0.4, -0.2) is 24.9 Å². The van der Waals surface area contributed by atoms with Crippen LogP contribution in [0.5, 0.6) is 0 Å².